The van der Waals surface area contributed by atoms with Gasteiger partial charge in [-0.25, -0.2) is 8.78 Å². The van der Waals surface area contributed by atoms with Gasteiger partial charge < -0.3 is 5.32 Å². The van der Waals surface area contributed by atoms with E-state index in [4.69, 9.17) is 5.26 Å². The summed E-state index contributed by atoms with van der Waals surface area (Å²) in [6.45, 7) is 2.32. The highest BCUT2D eigenvalue weighted by molar-refractivity contribution is 7.99. The first-order valence-corrected chi connectivity index (χ1v) is 7.92. The van der Waals surface area contributed by atoms with Gasteiger partial charge in [-0.3, -0.25) is 0 Å². The van der Waals surface area contributed by atoms with Crippen LogP contribution in [0.15, 0.2) is 12.1 Å². The van der Waals surface area contributed by atoms with Gasteiger partial charge in [0.2, 0.25) is 0 Å². The van der Waals surface area contributed by atoms with Crippen LogP contribution < -0.4 is 5.32 Å². The molecule has 0 aromatic heterocycles. The van der Waals surface area contributed by atoms with Crippen molar-refractivity contribution in [3.63, 3.8) is 0 Å². The lowest BCUT2D eigenvalue weighted by Crippen LogP contribution is -2.27. The highest BCUT2D eigenvalue weighted by Gasteiger charge is 2.24. The van der Waals surface area contributed by atoms with Crippen molar-refractivity contribution in [1.29, 1.82) is 5.26 Å². The van der Waals surface area contributed by atoms with E-state index in [0.717, 1.165) is 37.1 Å². The maximum Gasteiger partial charge on any atom is 0.131 e. The topological polar surface area (TPSA) is 35.8 Å². The standard InChI is InChI=1S/C15H18F2N2S/c1-2-20-12-4-3-11(7-12)19-9-13-14(16)5-10(8-18)6-15(13)17/h5-6,11-12,19H,2-4,7,9H2,1H3. The van der Waals surface area contributed by atoms with Gasteiger partial charge in [-0.1, -0.05) is 6.92 Å². The molecule has 0 aliphatic heterocycles. The Hall–Kier alpha value is -1.12. The highest BCUT2D eigenvalue weighted by atomic mass is 32.2. The summed E-state index contributed by atoms with van der Waals surface area (Å²) in [5.41, 5.74) is 0.0413. The number of nitrogens with one attached hydrogen (secondary N) is 1. The molecule has 2 atom stereocenters. The molecule has 5 heteroatoms. The Kier molecular flexibility index (Phi) is 5.38. The van der Waals surface area contributed by atoms with Crippen molar-refractivity contribution in [2.45, 2.75) is 44.0 Å². The number of hydrogen-bond acceptors (Lipinski definition) is 3. The fraction of sp³-hybridized carbons (Fsp3) is 0.533. The van der Waals surface area contributed by atoms with Crippen LogP contribution >= 0.6 is 11.8 Å². The molecule has 2 unspecified atom stereocenters. The van der Waals surface area contributed by atoms with E-state index in [1.54, 1.807) is 6.07 Å². The van der Waals surface area contributed by atoms with Crippen LogP contribution in [0.4, 0.5) is 8.78 Å². The summed E-state index contributed by atoms with van der Waals surface area (Å²) < 4.78 is 27.5. The Morgan fingerprint density at radius 3 is 2.65 bits per heavy atom. The molecule has 0 saturated heterocycles. The fourth-order valence-corrected chi connectivity index (χ4v) is 3.74. The largest absolute Gasteiger partial charge is 0.310 e. The van der Waals surface area contributed by atoms with Crippen LogP contribution in [0.3, 0.4) is 0 Å². The van der Waals surface area contributed by atoms with Crippen molar-refractivity contribution < 1.29 is 8.78 Å². The second kappa shape index (κ2) is 7.05. The summed E-state index contributed by atoms with van der Waals surface area (Å²) in [6.07, 6.45) is 3.27. The predicted molar refractivity (Wildman–Crippen MR) is 77.5 cm³/mol. The van der Waals surface area contributed by atoms with E-state index in [1.165, 1.54) is 0 Å². The minimum Gasteiger partial charge on any atom is -0.310 e. The first-order valence-electron chi connectivity index (χ1n) is 6.87. The number of rotatable bonds is 5. The molecule has 2 rings (SSSR count). The van der Waals surface area contributed by atoms with E-state index in [1.807, 2.05) is 11.8 Å². The second-order valence-electron chi connectivity index (χ2n) is 5.00. The molecule has 108 valence electrons. The highest BCUT2D eigenvalue weighted by Crippen LogP contribution is 2.30. The Bertz CT molecular complexity index is 490. The molecule has 1 aliphatic rings. The predicted octanol–water partition coefficient (Wildman–Crippen LogP) is 3.60. The molecule has 1 fully saturated rings. The van der Waals surface area contributed by atoms with E-state index in [0.29, 0.717) is 11.3 Å². The number of halogens is 2. The van der Waals surface area contributed by atoms with Crippen molar-refractivity contribution in [1.82, 2.24) is 5.32 Å². The molecule has 0 radical (unpaired) electrons. The first kappa shape index (κ1) is 15.3. The van der Waals surface area contributed by atoms with Gasteiger partial charge in [-0.15, -0.1) is 0 Å². The van der Waals surface area contributed by atoms with Crippen molar-refractivity contribution in [3.05, 3.63) is 34.9 Å². The van der Waals surface area contributed by atoms with Crippen molar-refractivity contribution in [3.8, 4) is 6.07 Å². The number of thioether (sulfide) groups is 1. The molecule has 1 N–H and O–H groups in total. The number of benzene rings is 1. The lowest BCUT2D eigenvalue weighted by molar-refractivity contribution is 0.487. The van der Waals surface area contributed by atoms with Gasteiger partial charge in [-0.05, 0) is 37.1 Å². The Morgan fingerprint density at radius 1 is 1.35 bits per heavy atom. The lowest BCUT2D eigenvalue weighted by Gasteiger charge is -2.14. The van der Waals surface area contributed by atoms with Crippen LogP contribution in [0.5, 0.6) is 0 Å². The van der Waals surface area contributed by atoms with Crippen LogP contribution in [-0.2, 0) is 6.54 Å². The van der Waals surface area contributed by atoms with E-state index < -0.39 is 11.6 Å². The van der Waals surface area contributed by atoms with Crippen molar-refractivity contribution in [2.24, 2.45) is 0 Å². The monoisotopic (exact) mass is 296 g/mol. The Balaban J connectivity index is 1.94. The molecule has 0 heterocycles. The molecule has 1 saturated carbocycles. The third kappa shape index (κ3) is 3.71. The first-order chi connectivity index (χ1) is 9.63. The van der Waals surface area contributed by atoms with Crippen LogP contribution in [-0.4, -0.2) is 17.0 Å². The fourth-order valence-electron chi connectivity index (χ4n) is 2.60. The van der Waals surface area contributed by atoms with Crippen molar-refractivity contribution in [2.75, 3.05) is 5.75 Å². The zero-order valence-corrected chi connectivity index (χ0v) is 12.3. The van der Waals surface area contributed by atoms with Gasteiger partial charge in [0.1, 0.15) is 11.6 Å². The lowest BCUT2D eigenvalue weighted by atomic mass is 10.1. The molecule has 20 heavy (non-hydrogen) atoms. The molecular formula is C15H18F2N2S. The van der Waals surface area contributed by atoms with E-state index >= 15 is 0 Å². The van der Waals surface area contributed by atoms with Gasteiger partial charge in [0, 0.05) is 23.4 Å². The summed E-state index contributed by atoms with van der Waals surface area (Å²) in [7, 11) is 0. The summed E-state index contributed by atoms with van der Waals surface area (Å²) in [5.74, 6) is -0.186. The van der Waals surface area contributed by atoms with Gasteiger partial charge >= 0.3 is 0 Å². The molecular weight excluding hydrogens is 278 g/mol. The number of nitriles is 1. The van der Waals surface area contributed by atoms with Crippen molar-refractivity contribution >= 4 is 11.8 Å². The van der Waals surface area contributed by atoms with E-state index in [-0.39, 0.29) is 17.7 Å². The third-order valence-electron chi connectivity index (χ3n) is 3.62. The number of hydrogen-bond donors (Lipinski definition) is 1. The van der Waals surface area contributed by atoms with Crippen LogP contribution in [0.25, 0.3) is 0 Å². The maximum absolute atomic E-state index is 13.7. The van der Waals surface area contributed by atoms with Crippen LogP contribution in [0.2, 0.25) is 0 Å². The molecule has 0 amide bonds. The minimum absolute atomic E-state index is 0.0176. The third-order valence-corrected chi connectivity index (χ3v) is 4.86. The Labute approximate surface area is 122 Å². The molecule has 1 aliphatic carbocycles. The second-order valence-corrected chi connectivity index (χ2v) is 6.58. The smallest absolute Gasteiger partial charge is 0.131 e. The zero-order valence-electron chi connectivity index (χ0n) is 11.5. The quantitative estimate of drug-likeness (QED) is 0.902. The summed E-state index contributed by atoms with van der Waals surface area (Å²) in [4.78, 5) is 0. The summed E-state index contributed by atoms with van der Waals surface area (Å²) in [6, 6.07) is 4.25. The average molecular weight is 296 g/mol. The van der Waals surface area contributed by atoms with Gasteiger partial charge in [-0.2, -0.15) is 17.0 Å². The Morgan fingerprint density at radius 2 is 2.05 bits per heavy atom. The van der Waals surface area contributed by atoms with Crippen LogP contribution in [0, 0.1) is 23.0 Å². The van der Waals surface area contributed by atoms with Gasteiger partial charge in [0.05, 0.1) is 11.6 Å². The maximum atomic E-state index is 13.7. The van der Waals surface area contributed by atoms with Gasteiger partial charge in [0.15, 0.2) is 0 Å². The molecule has 0 spiro atoms. The van der Waals surface area contributed by atoms with Crippen LogP contribution in [0.1, 0.15) is 37.3 Å². The molecule has 2 nitrogen and oxygen atoms in total. The average Bonchev–Trinajstić information content (AvgIpc) is 2.85. The van der Waals surface area contributed by atoms with E-state index in [2.05, 4.69) is 12.2 Å². The molecule has 1 aromatic carbocycles. The summed E-state index contributed by atoms with van der Waals surface area (Å²) >= 11 is 1.95. The minimum atomic E-state index is -0.647. The molecule has 0 bridgehead atoms. The van der Waals surface area contributed by atoms with Gasteiger partial charge in [0.25, 0.3) is 0 Å². The normalized spacial score (nSPS) is 21.9. The molecule has 1 aromatic rings. The van der Waals surface area contributed by atoms with E-state index in [9.17, 15) is 8.78 Å². The zero-order chi connectivity index (χ0) is 14.5. The summed E-state index contributed by atoms with van der Waals surface area (Å²) in [5, 5.41) is 12.5. The number of nitrogens with zero attached hydrogens (tertiary/aromatic N) is 1. The SMILES string of the molecule is CCSC1CCC(NCc2c(F)cc(C#N)cc2F)C1.